The topological polar surface area (TPSA) is 220 Å². The number of nitrogens with one attached hydrogen (secondary N) is 2. The molecule has 17 nitrogen and oxygen atoms in total. The number of piperidine rings is 2. The van der Waals surface area contributed by atoms with E-state index < -0.39 is 14.8 Å². The van der Waals surface area contributed by atoms with Gasteiger partial charge >= 0.3 is 11.4 Å². The van der Waals surface area contributed by atoms with Gasteiger partial charge in [0.1, 0.15) is 0 Å². The smallest absolute Gasteiger partial charge is 0.312 e. The minimum absolute atomic E-state index is 0. The van der Waals surface area contributed by atoms with Crippen LogP contribution in [0.4, 0.5) is 17.1 Å². The van der Waals surface area contributed by atoms with Gasteiger partial charge in [0.2, 0.25) is 11.2 Å². The Hall–Kier alpha value is -6.25. The van der Waals surface area contributed by atoms with Crippen molar-refractivity contribution in [3.63, 3.8) is 0 Å². The van der Waals surface area contributed by atoms with Crippen LogP contribution in [0.3, 0.4) is 0 Å². The number of nitro groups is 3. The van der Waals surface area contributed by atoms with Gasteiger partial charge in [-0.15, -0.1) is 24.0 Å². The zero-order valence-electron chi connectivity index (χ0n) is 32.3. The Morgan fingerprint density at radius 3 is 1.38 bits per heavy atom. The fraction of sp³-hybridized carbons (Fsp3) is 0.286. The number of hydrogen-bond donors (Lipinski definition) is 2. The maximum absolute atomic E-state index is 12.6. The number of fused-ring (bicyclic) bond motifs is 2. The van der Waals surface area contributed by atoms with E-state index in [2.05, 4.69) is 32.6 Å². The van der Waals surface area contributed by atoms with Crippen LogP contribution < -0.4 is 10.6 Å². The molecule has 0 bridgehead atoms. The summed E-state index contributed by atoms with van der Waals surface area (Å²) >= 11 is 0. The third-order valence-corrected chi connectivity index (χ3v) is 10.5. The highest BCUT2D eigenvalue weighted by Crippen LogP contribution is 2.30. The molecule has 18 heteroatoms. The molecule has 8 rings (SSSR count). The molecule has 0 saturated carbocycles. The van der Waals surface area contributed by atoms with Crippen molar-refractivity contribution in [1.82, 2.24) is 20.4 Å². The molecule has 4 heterocycles. The maximum Gasteiger partial charge on any atom is 0.312 e. The molecule has 2 saturated heterocycles. The Morgan fingerprint density at radius 1 is 0.567 bits per heavy atom. The highest BCUT2D eigenvalue weighted by Gasteiger charge is 2.26. The van der Waals surface area contributed by atoms with Crippen LogP contribution in [-0.2, 0) is 13.1 Å². The molecule has 2 amide bonds. The highest BCUT2D eigenvalue weighted by atomic mass is 127. The highest BCUT2D eigenvalue weighted by molar-refractivity contribution is 14.0. The van der Waals surface area contributed by atoms with E-state index in [1.807, 2.05) is 18.2 Å². The van der Waals surface area contributed by atoms with Gasteiger partial charge < -0.3 is 19.5 Å². The zero-order valence-corrected chi connectivity index (χ0v) is 34.6. The van der Waals surface area contributed by atoms with Gasteiger partial charge in [0, 0.05) is 86.4 Å². The zero-order chi connectivity index (χ0) is 41.5. The van der Waals surface area contributed by atoms with E-state index in [0.29, 0.717) is 17.3 Å². The molecular weight excluding hydrogens is 889 g/mol. The van der Waals surface area contributed by atoms with Crippen LogP contribution in [0.1, 0.15) is 57.9 Å². The molecule has 60 heavy (non-hydrogen) atoms. The van der Waals surface area contributed by atoms with Gasteiger partial charge in [-0.3, -0.25) is 49.7 Å². The molecule has 0 spiro atoms. The second-order valence-electron chi connectivity index (χ2n) is 14.6. The van der Waals surface area contributed by atoms with Crippen molar-refractivity contribution in [2.75, 3.05) is 26.2 Å². The number of likely N-dealkylation sites (tertiary alicyclic amines) is 2. The van der Waals surface area contributed by atoms with Crippen molar-refractivity contribution in [1.29, 1.82) is 0 Å². The summed E-state index contributed by atoms with van der Waals surface area (Å²) in [5.41, 5.74) is 2.28. The summed E-state index contributed by atoms with van der Waals surface area (Å²) in [4.78, 5) is 61.3. The van der Waals surface area contributed by atoms with Gasteiger partial charge in [0.15, 0.2) is 11.5 Å². The van der Waals surface area contributed by atoms with Crippen LogP contribution in [0.5, 0.6) is 0 Å². The molecule has 2 aliphatic rings. The summed E-state index contributed by atoms with van der Waals surface area (Å²) in [6, 6.07) is 29.2. The third kappa shape index (κ3) is 10.7. The Balaban J connectivity index is 0.000000199. The van der Waals surface area contributed by atoms with Crippen LogP contribution in [0.25, 0.3) is 21.9 Å². The Morgan fingerprint density at radius 2 is 0.983 bits per heavy atom. The lowest BCUT2D eigenvalue weighted by atomic mass is 10.0. The van der Waals surface area contributed by atoms with Crippen LogP contribution in [0, 0.1) is 30.3 Å². The molecule has 0 radical (unpaired) electrons. The van der Waals surface area contributed by atoms with Crippen molar-refractivity contribution in [2.24, 2.45) is 0 Å². The second kappa shape index (κ2) is 19.7. The fourth-order valence-corrected chi connectivity index (χ4v) is 7.41. The molecular formula is C42H42IN7O10. The average molecular weight is 932 g/mol. The van der Waals surface area contributed by atoms with Crippen molar-refractivity contribution in [2.45, 2.75) is 50.9 Å². The SMILES string of the molecule is I.O=C(NC1CCN(Cc2ccc([N+](=O)[O-])cc2)CC1)c1cc2cccc([N+](=O)[O-])c2o1.O=C(NC1CCN(Cc2ccccc2)CC1)c1cc2cccc([N+](=O)[O-])c2o1. The number of non-ortho nitro benzene ring substituents is 3. The van der Waals surface area contributed by atoms with Crippen LogP contribution >= 0.6 is 24.0 Å². The molecule has 2 N–H and O–H groups in total. The largest absolute Gasteiger partial charge is 0.444 e. The van der Waals surface area contributed by atoms with E-state index >= 15 is 0 Å². The van der Waals surface area contributed by atoms with Gasteiger partial charge in [-0.25, -0.2) is 0 Å². The monoisotopic (exact) mass is 931 g/mol. The lowest BCUT2D eigenvalue weighted by molar-refractivity contribution is -0.384. The first-order valence-electron chi connectivity index (χ1n) is 19.2. The van der Waals surface area contributed by atoms with Crippen LogP contribution in [0.2, 0.25) is 0 Å². The summed E-state index contributed by atoms with van der Waals surface area (Å²) < 4.78 is 11.0. The lowest BCUT2D eigenvalue weighted by Crippen LogP contribution is -2.44. The number of nitro benzene ring substituents is 3. The Labute approximate surface area is 360 Å². The number of hydrogen-bond acceptors (Lipinski definition) is 12. The lowest BCUT2D eigenvalue weighted by Gasteiger charge is -2.32. The molecule has 0 aliphatic carbocycles. The molecule has 2 aliphatic heterocycles. The first-order chi connectivity index (χ1) is 28.5. The molecule has 312 valence electrons. The number of carbonyl (C=O) groups is 2. The number of benzene rings is 4. The number of rotatable bonds is 11. The fourth-order valence-electron chi connectivity index (χ4n) is 7.41. The minimum atomic E-state index is -0.534. The quantitative estimate of drug-likeness (QED) is 0.0717. The third-order valence-electron chi connectivity index (χ3n) is 10.5. The van der Waals surface area contributed by atoms with Crippen molar-refractivity contribution >= 4 is 74.8 Å². The molecule has 2 fully saturated rings. The van der Waals surface area contributed by atoms with Crippen LogP contribution in [-0.4, -0.2) is 74.6 Å². The number of para-hydroxylation sites is 2. The van der Waals surface area contributed by atoms with E-state index in [1.165, 1.54) is 35.9 Å². The number of amides is 2. The van der Waals surface area contributed by atoms with Crippen molar-refractivity contribution in [3.05, 3.63) is 156 Å². The molecule has 6 aromatic rings. The van der Waals surface area contributed by atoms with Gasteiger partial charge in [-0.1, -0.05) is 66.7 Å². The molecule has 4 aromatic carbocycles. The summed E-state index contributed by atoms with van der Waals surface area (Å²) in [5.74, 6) is -0.556. The van der Waals surface area contributed by atoms with E-state index in [1.54, 1.807) is 42.5 Å². The van der Waals surface area contributed by atoms with E-state index in [0.717, 1.165) is 64.0 Å². The number of carbonyl (C=O) groups excluding carboxylic acids is 2. The normalized spacial score (nSPS) is 15.1. The summed E-state index contributed by atoms with van der Waals surface area (Å²) in [7, 11) is 0. The number of halogens is 1. The minimum Gasteiger partial charge on any atom is -0.444 e. The first-order valence-corrected chi connectivity index (χ1v) is 19.2. The number of nitrogens with zero attached hydrogens (tertiary/aromatic N) is 5. The predicted molar refractivity (Wildman–Crippen MR) is 232 cm³/mol. The summed E-state index contributed by atoms with van der Waals surface area (Å²) in [5, 5.41) is 40.0. The van der Waals surface area contributed by atoms with E-state index in [9.17, 15) is 39.9 Å². The summed E-state index contributed by atoms with van der Waals surface area (Å²) in [6.45, 7) is 4.96. The Bertz CT molecular complexity index is 2480. The van der Waals surface area contributed by atoms with Gasteiger partial charge in [-0.2, -0.15) is 0 Å². The molecule has 2 aromatic heterocycles. The maximum atomic E-state index is 12.6. The van der Waals surface area contributed by atoms with Gasteiger partial charge in [0.05, 0.1) is 14.8 Å². The van der Waals surface area contributed by atoms with E-state index in [-0.39, 0.29) is 87.6 Å². The van der Waals surface area contributed by atoms with E-state index in [4.69, 9.17) is 8.83 Å². The summed E-state index contributed by atoms with van der Waals surface area (Å²) in [6.07, 6.45) is 3.22. The van der Waals surface area contributed by atoms with Crippen LogP contribution in [0.15, 0.2) is 112 Å². The van der Waals surface area contributed by atoms with Crippen molar-refractivity contribution < 1.29 is 33.2 Å². The first kappa shape index (κ1) is 43.3. The van der Waals surface area contributed by atoms with Gasteiger partial charge in [0.25, 0.3) is 17.5 Å². The number of furan rings is 2. The molecule has 0 atom stereocenters. The second-order valence-corrected chi connectivity index (χ2v) is 14.6. The van der Waals surface area contributed by atoms with Crippen molar-refractivity contribution in [3.8, 4) is 0 Å². The van der Waals surface area contributed by atoms with Gasteiger partial charge in [-0.05, 0) is 48.9 Å². The Kier molecular flexibility index (Phi) is 14.2. The molecule has 0 unspecified atom stereocenters. The average Bonchev–Trinajstić information content (AvgIpc) is 3.89. The standard InChI is InChI=1S/C21H20N4O6.C21H21N3O4.HI/c26-21(19-12-15-2-1-3-18(25(29)30)20(15)31-19)22-16-8-10-23(11-9-16)13-14-4-6-17(7-5-14)24(27)28;25-21(19-13-16-7-4-8-18(24(26)27)20(16)28-19)22-17-9-11-23(12-10-17)14-15-5-2-1-3-6-15;/h1-7,12,16H,8-11,13H2,(H,22,26);1-8,13,17H,9-12,14H2,(H,22,25);1H. The predicted octanol–water partition coefficient (Wildman–Crippen LogP) is 8.00.